The number of amidine groups is 1. The SMILES string of the molecule is CN(C)c1ccc(NC2=N[C@H]3[C@@H](O)[C@H](O)C[C@H](C(=O)NCc4cccnc4)[C@H]3S2)cc1. The number of amides is 1. The highest BCUT2D eigenvalue weighted by Crippen LogP contribution is 2.41. The van der Waals surface area contributed by atoms with Gasteiger partial charge < -0.3 is 25.7 Å². The fraction of sp³-hybridized carbons (Fsp3) is 0.409. The molecule has 0 unspecified atom stereocenters. The van der Waals surface area contributed by atoms with Gasteiger partial charge in [-0.05, 0) is 42.3 Å². The summed E-state index contributed by atoms with van der Waals surface area (Å²) in [4.78, 5) is 23.6. The third kappa shape index (κ3) is 4.84. The summed E-state index contributed by atoms with van der Waals surface area (Å²) in [7, 11) is 3.96. The second-order valence-electron chi connectivity index (χ2n) is 8.05. The van der Waals surface area contributed by atoms with Crippen LogP contribution in [0.15, 0.2) is 53.8 Å². The van der Waals surface area contributed by atoms with E-state index in [1.165, 1.54) is 11.8 Å². The number of carbonyl (C=O) groups is 1. The van der Waals surface area contributed by atoms with Gasteiger partial charge in [-0.1, -0.05) is 17.8 Å². The Balaban J connectivity index is 1.43. The van der Waals surface area contributed by atoms with Crippen molar-refractivity contribution in [2.75, 3.05) is 24.3 Å². The topological polar surface area (TPSA) is 110 Å². The standard InChI is InChI=1S/C22H27N5O3S/c1-27(2)15-7-5-14(6-8-15)25-22-26-18-19(29)17(28)10-16(20(18)31-22)21(30)24-12-13-4-3-9-23-11-13/h3-9,11,16-20,28-29H,10,12H2,1-2H3,(H,24,30)(H,25,26)/t16-,17+,18-,19-,20+/m0/s1. The van der Waals surface area contributed by atoms with Gasteiger partial charge >= 0.3 is 0 Å². The summed E-state index contributed by atoms with van der Waals surface area (Å²) in [5, 5.41) is 27.5. The summed E-state index contributed by atoms with van der Waals surface area (Å²) in [6.45, 7) is 0.369. The lowest BCUT2D eigenvalue weighted by Crippen LogP contribution is -2.53. The van der Waals surface area contributed by atoms with Gasteiger partial charge in [-0.25, -0.2) is 0 Å². The number of aliphatic hydroxyl groups excluding tert-OH is 2. The van der Waals surface area contributed by atoms with E-state index in [9.17, 15) is 15.0 Å². The van der Waals surface area contributed by atoms with E-state index in [-0.39, 0.29) is 17.6 Å². The van der Waals surface area contributed by atoms with Crippen molar-refractivity contribution in [3.63, 3.8) is 0 Å². The van der Waals surface area contributed by atoms with E-state index in [1.54, 1.807) is 12.4 Å². The van der Waals surface area contributed by atoms with Crippen molar-refractivity contribution in [3.05, 3.63) is 54.4 Å². The predicted molar refractivity (Wildman–Crippen MR) is 123 cm³/mol. The van der Waals surface area contributed by atoms with Crippen molar-refractivity contribution in [3.8, 4) is 0 Å². The minimum atomic E-state index is -0.990. The second-order valence-corrected chi connectivity index (χ2v) is 9.22. The highest BCUT2D eigenvalue weighted by molar-refractivity contribution is 8.15. The molecule has 2 heterocycles. The number of fused-ring (bicyclic) bond motifs is 1. The molecule has 1 fully saturated rings. The molecule has 1 amide bonds. The molecule has 0 radical (unpaired) electrons. The number of carbonyl (C=O) groups excluding carboxylic acids is 1. The third-order valence-electron chi connectivity index (χ3n) is 5.65. The van der Waals surface area contributed by atoms with E-state index in [0.717, 1.165) is 16.9 Å². The van der Waals surface area contributed by atoms with Gasteiger partial charge in [0.15, 0.2) is 5.17 Å². The molecule has 2 aromatic rings. The molecule has 0 spiro atoms. The number of hydrogen-bond donors (Lipinski definition) is 4. The number of nitrogens with zero attached hydrogens (tertiary/aromatic N) is 3. The number of benzene rings is 1. The minimum Gasteiger partial charge on any atom is -0.390 e. The largest absolute Gasteiger partial charge is 0.390 e. The number of thioether (sulfide) groups is 1. The van der Waals surface area contributed by atoms with E-state index in [0.29, 0.717) is 11.7 Å². The molecule has 0 saturated heterocycles. The molecule has 164 valence electrons. The third-order valence-corrected chi connectivity index (χ3v) is 6.96. The van der Waals surface area contributed by atoms with Crippen LogP contribution >= 0.6 is 11.8 Å². The van der Waals surface area contributed by atoms with Crippen LogP contribution in [0.25, 0.3) is 0 Å². The molecule has 1 saturated carbocycles. The van der Waals surface area contributed by atoms with Gasteiger partial charge in [0, 0.05) is 49.7 Å². The van der Waals surface area contributed by atoms with E-state index in [2.05, 4.69) is 20.6 Å². The lowest BCUT2D eigenvalue weighted by Gasteiger charge is -2.37. The molecule has 1 aromatic heterocycles. The maximum atomic E-state index is 12.9. The zero-order valence-corrected chi connectivity index (χ0v) is 18.3. The van der Waals surface area contributed by atoms with Crippen molar-refractivity contribution in [1.82, 2.24) is 10.3 Å². The van der Waals surface area contributed by atoms with Gasteiger partial charge in [0.1, 0.15) is 6.10 Å². The van der Waals surface area contributed by atoms with Crippen LogP contribution in [0.2, 0.25) is 0 Å². The molecule has 31 heavy (non-hydrogen) atoms. The summed E-state index contributed by atoms with van der Waals surface area (Å²) < 4.78 is 0. The molecule has 0 bridgehead atoms. The van der Waals surface area contributed by atoms with Crippen LogP contribution in [0.3, 0.4) is 0 Å². The van der Waals surface area contributed by atoms with Crippen LogP contribution in [0, 0.1) is 5.92 Å². The second kappa shape index (κ2) is 9.25. The summed E-state index contributed by atoms with van der Waals surface area (Å²) >= 11 is 1.45. The minimum absolute atomic E-state index is 0.149. The Morgan fingerprint density at radius 2 is 2.00 bits per heavy atom. The predicted octanol–water partition coefficient (Wildman–Crippen LogP) is 1.46. The van der Waals surface area contributed by atoms with Crippen LogP contribution < -0.4 is 15.5 Å². The first-order valence-electron chi connectivity index (χ1n) is 10.2. The number of anilines is 2. The molecule has 4 N–H and O–H groups in total. The molecule has 8 nitrogen and oxygen atoms in total. The zero-order chi connectivity index (χ0) is 22.0. The highest BCUT2D eigenvalue weighted by Gasteiger charge is 2.50. The molecule has 4 rings (SSSR count). The molecule has 5 atom stereocenters. The van der Waals surface area contributed by atoms with Crippen molar-refractivity contribution in [2.24, 2.45) is 10.9 Å². The number of pyridine rings is 1. The van der Waals surface area contributed by atoms with Crippen LogP contribution in [-0.4, -0.2) is 63.9 Å². The quantitative estimate of drug-likeness (QED) is 0.556. The van der Waals surface area contributed by atoms with Gasteiger partial charge in [-0.3, -0.25) is 14.8 Å². The summed E-state index contributed by atoms with van der Waals surface area (Å²) in [6.07, 6.45) is 1.62. The van der Waals surface area contributed by atoms with E-state index in [4.69, 9.17) is 0 Å². The van der Waals surface area contributed by atoms with Crippen LogP contribution in [0.1, 0.15) is 12.0 Å². The zero-order valence-electron chi connectivity index (χ0n) is 17.5. The Bertz CT molecular complexity index is 938. The summed E-state index contributed by atoms with van der Waals surface area (Å²) in [5.41, 5.74) is 2.87. The molecule has 2 aliphatic rings. The van der Waals surface area contributed by atoms with Crippen LogP contribution in [0.4, 0.5) is 11.4 Å². The Morgan fingerprint density at radius 1 is 1.23 bits per heavy atom. The van der Waals surface area contributed by atoms with Gasteiger partial charge in [0.25, 0.3) is 0 Å². The smallest absolute Gasteiger partial charge is 0.224 e. The normalized spacial score (nSPS) is 27.2. The first-order chi connectivity index (χ1) is 14.9. The lowest BCUT2D eigenvalue weighted by molar-refractivity contribution is -0.129. The summed E-state index contributed by atoms with van der Waals surface area (Å²) in [6, 6.07) is 11.1. The maximum absolute atomic E-state index is 12.9. The monoisotopic (exact) mass is 441 g/mol. The lowest BCUT2D eigenvalue weighted by atomic mass is 9.81. The number of aliphatic hydroxyl groups is 2. The first-order valence-corrected chi connectivity index (χ1v) is 11.1. The summed E-state index contributed by atoms with van der Waals surface area (Å²) in [5.74, 6) is -0.603. The van der Waals surface area contributed by atoms with Gasteiger partial charge in [-0.15, -0.1) is 0 Å². The van der Waals surface area contributed by atoms with Crippen LogP contribution in [0.5, 0.6) is 0 Å². The van der Waals surface area contributed by atoms with E-state index < -0.39 is 24.2 Å². The Labute approximate surface area is 185 Å². The van der Waals surface area contributed by atoms with Gasteiger partial charge in [0.05, 0.1) is 18.1 Å². The fourth-order valence-corrected chi connectivity index (χ4v) is 5.27. The number of nitrogens with one attached hydrogen (secondary N) is 2. The molecule has 1 aliphatic carbocycles. The number of aromatic nitrogens is 1. The maximum Gasteiger partial charge on any atom is 0.224 e. The Morgan fingerprint density at radius 3 is 2.68 bits per heavy atom. The Hall–Kier alpha value is -2.62. The van der Waals surface area contributed by atoms with Crippen molar-refractivity contribution >= 4 is 34.2 Å². The van der Waals surface area contributed by atoms with Gasteiger partial charge in [0.2, 0.25) is 5.91 Å². The fourth-order valence-electron chi connectivity index (χ4n) is 3.90. The first kappa shape index (κ1) is 21.6. The van der Waals surface area contributed by atoms with Crippen LogP contribution in [-0.2, 0) is 11.3 Å². The molecule has 1 aliphatic heterocycles. The van der Waals surface area contributed by atoms with Gasteiger partial charge in [-0.2, -0.15) is 0 Å². The Kier molecular flexibility index (Phi) is 6.45. The van der Waals surface area contributed by atoms with Crippen molar-refractivity contribution in [1.29, 1.82) is 0 Å². The highest BCUT2D eigenvalue weighted by atomic mass is 32.2. The van der Waals surface area contributed by atoms with E-state index in [1.807, 2.05) is 55.4 Å². The molecule has 1 aromatic carbocycles. The molecular formula is C22H27N5O3S. The number of aliphatic imine (C=N–C) groups is 1. The van der Waals surface area contributed by atoms with E-state index >= 15 is 0 Å². The van der Waals surface area contributed by atoms with Crippen molar-refractivity contribution < 1.29 is 15.0 Å². The number of hydrogen-bond acceptors (Lipinski definition) is 8. The van der Waals surface area contributed by atoms with Crippen molar-refractivity contribution in [2.45, 2.75) is 36.5 Å². The molecule has 9 heteroatoms. The average molecular weight is 442 g/mol. The average Bonchev–Trinajstić information content (AvgIpc) is 3.19. The molecular weight excluding hydrogens is 414 g/mol. The number of rotatable bonds is 5.